The van der Waals surface area contributed by atoms with E-state index in [2.05, 4.69) is 10.3 Å². The third-order valence-corrected chi connectivity index (χ3v) is 3.81. The molecule has 5 nitrogen and oxygen atoms in total. The predicted octanol–water partition coefficient (Wildman–Crippen LogP) is 3.42. The standard InChI is InChI=1S/C19H18FN3O2/c1-23-12-21-18(14-6-8-15(20)9-7-14)19(23)22-17(24)11-13-4-3-5-16(10-13)25-2/h3-10,12H,11H2,1-2H3,(H,22,24). The highest BCUT2D eigenvalue weighted by atomic mass is 19.1. The van der Waals surface area contributed by atoms with Crippen LogP contribution in [0.5, 0.6) is 5.75 Å². The Hall–Kier alpha value is -3.15. The Bertz CT molecular complexity index is 888. The molecule has 0 aliphatic heterocycles. The average Bonchev–Trinajstić information content (AvgIpc) is 2.96. The van der Waals surface area contributed by atoms with Crippen LogP contribution < -0.4 is 10.1 Å². The van der Waals surface area contributed by atoms with Crippen molar-refractivity contribution >= 4 is 11.7 Å². The van der Waals surface area contributed by atoms with Crippen LogP contribution in [0.15, 0.2) is 54.9 Å². The molecule has 0 atom stereocenters. The summed E-state index contributed by atoms with van der Waals surface area (Å²) in [5.74, 6) is 0.792. The van der Waals surface area contributed by atoms with Crippen LogP contribution in [0.2, 0.25) is 0 Å². The fourth-order valence-corrected chi connectivity index (χ4v) is 2.54. The fraction of sp³-hybridized carbons (Fsp3) is 0.158. The molecule has 0 unspecified atom stereocenters. The molecule has 0 saturated carbocycles. The maximum atomic E-state index is 13.1. The number of aromatic nitrogens is 2. The van der Waals surface area contributed by atoms with Gasteiger partial charge in [0.1, 0.15) is 23.1 Å². The van der Waals surface area contributed by atoms with Crippen LogP contribution in [0.25, 0.3) is 11.3 Å². The normalized spacial score (nSPS) is 10.5. The molecule has 1 aromatic heterocycles. The van der Waals surface area contributed by atoms with E-state index in [1.54, 1.807) is 37.2 Å². The number of amides is 1. The van der Waals surface area contributed by atoms with Crippen LogP contribution in [0.1, 0.15) is 5.56 Å². The van der Waals surface area contributed by atoms with Crippen LogP contribution in [0.3, 0.4) is 0 Å². The summed E-state index contributed by atoms with van der Waals surface area (Å²) in [6, 6.07) is 13.4. The monoisotopic (exact) mass is 339 g/mol. The van der Waals surface area contributed by atoms with Gasteiger partial charge in [0, 0.05) is 12.6 Å². The van der Waals surface area contributed by atoms with Gasteiger partial charge in [0.2, 0.25) is 5.91 Å². The summed E-state index contributed by atoms with van der Waals surface area (Å²) in [7, 11) is 3.38. The third-order valence-electron chi connectivity index (χ3n) is 3.81. The molecule has 0 fully saturated rings. The number of halogens is 1. The van der Waals surface area contributed by atoms with Crippen molar-refractivity contribution < 1.29 is 13.9 Å². The van der Waals surface area contributed by atoms with E-state index >= 15 is 0 Å². The van der Waals surface area contributed by atoms with Crippen molar-refractivity contribution in [2.75, 3.05) is 12.4 Å². The second-order valence-corrected chi connectivity index (χ2v) is 5.64. The van der Waals surface area contributed by atoms with Gasteiger partial charge in [-0.2, -0.15) is 0 Å². The smallest absolute Gasteiger partial charge is 0.229 e. The van der Waals surface area contributed by atoms with Crippen molar-refractivity contribution in [1.82, 2.24) is 9.55 Å². The number of carbonyl (C=O) groups is 1. The lowest BCUT2D eigenvalue weighted by molar-refractivity contribution is -0.115. The van der Waals surface area contributed by atoms with E-state index in [4.69, 9.17) is 4.74 Å². The van der Waals surface area contributed by atoms with Gasteiger partial charge in [-0.15, -0.1) is 0 Å². The van der Waals surface area contributed by atoms with E-state index in [0.717, 1.165) is 11.1 Å². The number of anilines is 1. The maximum absolute atomic E-state index is 13.1. The van der Waals surface area contributed by atoms with Gasteiger partial charge in [-0.25, -0.2) is 9.37 Å². The minimum Gasteiger partial charge on any atom is -0.497 e. The van der Waals surface area contributed by atoms with Gasteiger partial charge in [-0.05, 0) is 42.0 Å². The zero-order chi connectivity index (χ0) is 17.8. The van der Waals surface area contributed by atoms with Gasteiger partial charge in [-0.3, -0.25) is 4.79 Å². The van der Waals surface area contributed by atoms with Gasteiger partial charge in [-0.1, -0.05) is 12.1 Å². The van der Waals surface area contributed by atoms with Crippen LogP contribution in [0.4, 0.5) is 10.2 Å². The van der Waals surface area contributed by atoms with Gasteiger partial charge >= 0.3 is 0 Å². The number of hydrogen-bond acceptors (Lipinski definition) is 3. The van der Waals surface area contributed by atoms with Crippen molar-refractivity contribution in [1.29, 1.82) is 0 Å². The molecule has 1 amide bonds. The van der Waals surface area contributed by atoms with Crippen molar-refractivity contribution in [3.05, 3.63) is 66.2 Å². The Morgan fingerprint density at radius 2 is 2.00 bits per heavy atom. The molecule has 0 aliphatic carbocycles. The van der Waals surface area contributed by atoms with Crippen LogP contribution in [-0.2, 0) is 18.3 Å². The lowest BCUT2D eigenvalue weighted by Crippen LogP contribution is -2.17. The minimum atomic E-state index is -0.316. The minimum absolute atomic E-state index is 0.166. The number of nitrogens with one attached hydrogen (secondary N) is 1. The number of benzene rings is 2. The molecule has 6 heteroatoms. The number of carbonyl (C=O) groups excluding carboxylic acids is 1. The average molecular weight is 339 g/mol. The topological polar surface area (TPSA) is 56.1 Å². The first kappa shape index (κ1) is 16.7. The highest BCUT2D eigenvalue weighted by Crippen LogP contribution is 2.26. The quantitative estimate of drug-likeness (QED) is 0.775. The third kappa shape index (κ3) is 3.85. The highest BCUT2D eigenvalue weighted by Gasteiger charge is 2.14. The molecule has 1 N–H and O–H groups in total. The number of ether oxygens (including phenoxy) is 1. The molecule has 3 aromatic rings. The van der Waals surface area contributed by atoms with E-state index in [1.165, 1.54) is 12.1 Å². The van der Waals surface area contributed by atoms with Crippen molar-refractivity contribution in [3.63, 3.8) is 0 Å². The summed E-state index contributed by atoms with van der Waals surface area (Å²) in [4.78, 5) is 16.7. The Kier molecular flexibility index (Phi) is 4.79. The predicted molar refractivity (Wildman–Crippen MR) is 93.9 cm³/mol. The molecule has 0 spiro atoms. The molecule has 3 rings (SSSR count). The second-order valence-electron chi connectivity index (χ2n) is 5.64. The molecule has 25 heavy (non-hydrogen) atoms. The van der Waals surface area contributed by atoms with Crippen molar-refractivity contribution in [3.8, 4) is 17.0 Å². The fourth-order valence-electron chi connectivity index (χ4n) is 2.54. The Morgan fingerprint density at radius 3 is 2.72 bits per heavy atom. The number of methoxy groups -OCH3 is 1. The summed E-state index contributed by atoms with van der Waals surface area (Å²) in [5, 5.41) is 2.88. The van der Waals surface area contributed by atoms with Crippen LogP contribution in [-0.4, -0.2) is 22.6 Å². The lowest BCUT2D eigenvalue weighted by atomic mass is 10.1. The molecule has 0 bridgehead atoms. The zero-order valence-corrected chi connectivity index (χ0v) is 14.0. The lowest BCUT2D eigenvalue weighted by Gasteiger charge is -2.09. The number of aryl methyl sites for hydroxylation is 1. The van der Waals surface area contributed by atoms with E-state index in [1.807, 2.05) is 24.3 Å². The van der Waals surface area contributed by atoms with E-state index < -0.39 is 0 Å². The molecular formula is C19H18FN3O2. The SMILES string of the molecule is COc1cccc(CC(=O)Nc2c(-c3ccc(F)cc3)ncn2C)c1. The van der Waals surface area contributed by atoms with E-state index in [0.29, 0.717) is 17.3 Å². The Labute approximate surface area is 145 Å². The molecule has 1 heterocycles. The van der Waals surface area contributed by atoms with Gasteiger partial charge < -0.3 is 14.6 Å². The summed E-state index contributed by atoms with van der Waals surface area (Å²) < 4.78 is 20.0. The Balaban J connectivity index is 1.79. The van der Waals surface area contributed by atoms with E-state index in [-0.39, 0.29) is 18.1 Å². The summed E-state index contributed by atoms with van der Waals surface area (Å²) in [6.45, 7) is 0. The summed E-state index contributed by atoms with van der Waals surface area (Å²) in [6.07, 6.45) is 1.82. The molecular weight excluding hydrogens is 321 g/mol. The van der Waals surface area contributed by atoms with Crippen molar-refractivity contribution in [2.24, 2.45) is 7.05 Å². The number of imidazole rings is 1. The highest BCUT2D eigenvalue weighted by molar-refractivity contribution is 5.94. The van der Waals surface area contributed by atoms with Gasteiger partial charge in [0.15, 0.2) is 0 Å². The number of nitrogens with zero attached hydrogens (tertiary/aromatic N) is 2. The van der Waals surface area contributed by atoms with Crippen molar-refractivity contribution in [2.45, 2.75) is 6.42 Å². The van der Waals surface area contributed by atoms with Crippen LogP contribution in [0, 0.1) is 5.82 Å². The van der Waals surface area contributed by atoms with E-state index in [9.17, 15) is 9.18 Å². The number of rotatable bonds is 5. The molecule has 128 valence electrons. The zero-order valence-electron chi connectivity index (χ0n) is 14.0. The first-order chi connectivity index (χ1) is 12.1. The largest absolute Gasteiger partial charge is 0.497 e. The van der Waals surface area contributed by atoms with Gasteiger partial charge in [0.25, 0.3) is 0 Å². The number of hydrogen-bond donors (Lipinski definition) is 1. The maximum Gasteiger partial charge on any atom is 0.229 e. The summed E-state index contributed by atoms with van der Waals surface area (Å²) >= 11 is 0. The molecule has 0 saturated heterocycles. The van der Waals surface area contributed by atoms with Gasteiger partial charge in [0.05, 0.1) is 19.9 Å². The molecule has 0 aliphatic rings. The first-order valence-electron chi connectivity index (χ1n) is 7.77. The summed E-state index contributed by atoms with van der Waals surface area (Å²) in [5.41, 5.74) is 2.18. The molecule has 2 aromatic carbocycles. The Morgan fingerprint density at radius 1 is 1.24 bits per heavy atom. The second kappa shape index (κ2) is 7.17. The van der Waals surface area contributed by atoms with Crippen LogP contribution >= 0.6 is 0 Å². The first-order valence-corrected chi connectivity index (χ1v) is 7.77. The molecule has 0 radical (unpaired) electrons.